The minimum absolute atomic E-state index is 0.0123. The molecule has 0 aliphatic rings. The van der Waals surface area contributed by atoms with Gasteiger partial charge in [-0.05, 0) is 68.3 Å². The van der Waals surface area contributed by atoms with Gasteiger partial charge in [0, 0.05) is 13.1 Å². The average molecular weight is 602 g/mol. The van der Waals surface area contributed by atoms with Gasteiger partial charge in [0.1, 0.15) is 24.1 Å². The summed E-state index contributed by atoms with van der Waals surface area (Å²) in [5.41, 5.74) is 1.81. The molecule has 0 bridgehead atoms. The Balaban J connectivity index is 2.05. The molecule has 0 aliphatic carbocycles. The van der Waals surface area contributed by atoms with E-state index < -0.39 is 28.5 Å². The van der Waals surface area contributed by atoms with E-state index >= 15 is 0 Å². The van der Waals surface area contributed by atoms with Crippen LogP contribution < -0.4 is 19.1 Å². The summed E-state index contributed by atoms with van der Waals surface area (Å²) < 4.78 is 39.3. The van der Waals surface area contributed by atoms with E-state index in [1.165, 1.54) is 42.3 Å². The summed E-state index contributed by atoms with van der Waals surface area (Å²) in [7, 11) is -1.20. The van der Waals surface area contributed by atoms with Gasteiger partial charge in [0.05, 0.1) is 29.8 Å². The summed E-state index contributed by atoms with van der Waals surface area (Å²) in [6, 6.07) is 17.1. The summed E-state index contributed by atoms with van der Waals surface area (Å²) in [6.45, 7) is 5.36. The number of rotatable bonds is 13. The summed E-state index contributed by atoms with van der Waals surface area (Å²) in [4.78, 5) is 28.3. The number of nitrogens with zero attached hydrogens (tertiary/aromatic N) is 2. The molecule has 0 spiro atoms. The quantitative estimate of drug-likeness (QED) is 0.302. The molecule has 11 heteroatoms. The lowest BCUT2D eigenvalue weighted by Gasteiger charge is -2.32. The summed E-state index contributed by atoms with van der Waals surface area (Å²) >= 11 is 6.36. The fourth-order valence-corrected chi connectivity index (χ4v) is 5.74. The van der Waals surface area contributed by atoms with E-state index in [0.717, 1.165) is 21.9 Å². The number of carbonyl (C=O) groups is 2. The van der Waals surface area contributed by atoms with Crippen molar-refractivity contribution in [1.82, 2.24) is 10.2 Å². The zero-order valence-electron chi connectivity index (χ0n) is 23.9. The lowest BCUT2D eigenvalue weighted by atomic mass is 10.1. The number of amides is 2. The molecule has 3 aromatic carbocycles. The Morgan fingerprint density at radius 1 is 0.976 bits per heavy atom. The molecule has 0 saturated heterocycles. The number of hydrogen-bond acceptors (Lipinski definition) is 6. The molecule has 9 nitrogen and oxygen atoms in total. The van der Waals surface area contributed by atoms with Gasteiger partial charge >= 0.3 is 0 Å². The number of benzene rings is 3. The number of ether oxygens (including phenoxy) is 2. The molecule has 0 aromatic heterocycles. The first kappa shape index (κ1) is 31.8. The minimum Gasteiger partial charge on any atom is -0.497 e. The van der Waals surface area contributed by atoms with Crippen LogP contribution >= 0.6 is 11.6 Å². The van der Waals surface area contributed by atoms with Gasteiger partial charge in [-0.15, -0.1) is 0 Å². The topological polar surface area (TPSA) is 105 Å². The van der Waals surface area contributed by atoms with Crippen LogP contribution in [-0.2, 0) is 26.2 Å². The van der Waals surface area contributed by atoms with E-state index in [0.29, 0.717) is 18.0 Å². The van der Waals surface area contributed by atoms with Crippen LogP contribution in [0.1, 0.15) is 31.4 Å². The van der Waals surface area contributed by atoms with Crippen molar-refractivity contribution in [3.63, 3.8) is 0 Å². The smallest absolute Gasteiger partial charge is 0.264 e. The van der Waals surface area contributed by atoms with Gasteiger partial charge in [-0.25, -0.2) is 8.42 Å². The largest absolute Gasteiger partial charge is 0.497 e. The SMILES string of the molecule is CCCNC(=O)[C@H](C)N(Cc1ccc(OC)cc1)C(=O)CN(c1ccc(OC)c(Cl)c1)S(=O)(=O)c1ccc(C)cc1. The molecule has 0 unspecified atom stereocenters. The highest BCUT2D eigenvalue weighted by atomic mass is 35.5. The molecule has 2 amide bonds. The van der Waals surface area contributed by atoms with Crippen LogP contribution in [0.25, 0.3) is 0 Å². The van der Waals surface area contributed by atoms with Gasteiger partial charge in [-0.1, -0.05) is 48.4 Å². The molecule has 0 saturated carbocycles. The van der Waals surface area contributed by atoms with E-state index in [1.807, 2.05) is 13.8 Å². The summed E-state index contributed by atoms with van der Waals surface area (Å²) in [5, 5.41) is 3.01. The van der Waals surface area contributed by atoms with Gasteiger partial charge in [0.2, 0.25) is 11.8 Å². The number of anilines is 1. The molecule has 3 rings (SSSR count). The van der Waals surface area contributed by atoms with Gasteiger partial charge in [0.15, 0.2) is 0 Å². The molecule has 3 aromatic rings. The number of aryl methyl sites for hydroxylation is 1. The van der Waals surface area contributed by atoms with Crippen LogP contribution in [0, 0.1) is 6.92 Å². The Morgan fingerprint density at radius 3 is 2.20 bits per heavy atom. The first-order valence-corrected chi connectivity index (χ1v) is 15.0. The van der Waals surface area contributed by atoms with Gasteiger partial charge < -0.3 is 19.7 Å². The number of carbonyl (C=O) groups excluding carboxylic acids is 2. The molecular weight excluding hydrogens is 566 g/mol. The Bertz CT molecular complexity index is 1450. The molecular formula is C30H36ClN3O6S. The summed E-state index contributed by atoms with van der Waals surface area (Å²) in [6.07, 6.45) is 0.728. The van der Waals surface area contributed by atoms with E-state index in [9.17, 15) is 18.0 Å². The Labute approximate surface area is 247 Å². The zero-order valence-corrected chi connectivity index (χ0v) is 25.5. The fraction of sp³-hybridized carbons (Fsp3) is 0.333. The van der Waals surface area contributed by atoms with Gasteiger partial charge in [0.25, 0.3) is 10.0 Å². The van der Waals surface area contributed by atoms with Crippen molar-refractivity contribution in [3.8, 4) is 11.5 Å². The van der Waals surface area contributed by atoms with Crippen molar-refractivity contribution in [2.24, 2.45) is 0 Å². The first-order valence-electron chi connectivity index (χ1n) is 13.1. The minimum atomic E-state index is -4.21. The summed E-state index contributed by atoms with van der Waals surface area (Å²) in [5.74, 6) is 0.0978. The molecule has 0 heterocycles. The predicted octanol–water partition coefficient (Wildman–Crippen LogP) is 4.80. The Hall–Kier alpha value is -3.76. The first-order chi connectivity index (χ1) is 19.5. The molecule has 0 radical (unpaired) electrons. The number of halogens is 1. The molecule has 1 atom stereocenters. The molecule has 0 aliphatic heterocycles. The third kappa shape index (κ3) is 7.92. The fourth-order valence-electron chi connectivity index (χ4n) is 4.08. The Kier molecular flexibility index (Phi) is 11.0. The third-order valence-corrected chi connectivity index (χ3v) is 8.62. The van der Waals surface area contributed by atoms with Crippen molar-refractivity contribution < 1.29 is 27.5 Å². The van der Waals surface area contributed by atoms with E-state index in [-0.39, 0.29) is 28.1 Å². The maximum absolute atomic E-state index is 14.0. The second kappa shape index (κ2) is 14.2. The standard InChI is InChI=1S/C30H36ClN3O6S/c1-6-17-32-30(36)22(3)33(19-23-9-12-25(39-4)13-10-23)29(35)20-34(24-11-16-28(40-5)27(31)18-24)41(37,38)26-14-7-21(2)8-15-26/h7-16,18,22H,6,17,19-20H2,1-5H3,(H,32,36)/t22-/m0/s1. The zero-order chi connectivity index (χ0) is 30.2. The van der Waals surface area contributed by atoms with E-state index in [1.54, 1.807) is 50.4 Å². The van der Waals surface area contributed by atoms with Gasteiger partial charge in [-0.2, -0.15) is 0 Å². The van der Waals surface area contributed by atoms with Gasteiger partial charge in [-0.3, -0.25) is 13.9 Å². The van der Waals surface area contributed by atoms with Crippen molar-refractivity contribution in [1.29, 1.82) is 0 Å². The number of hydrogen-bond donors (Lipinski definition) is 1. The predicted molar refractivity (Wildman–Crippen MR) is 160 cm³/mol. The molecule has 0 fully saturated rings. The Morgan fingerprint density at radius 2 is 1.63 bits per heavy atom. The normalized spacial score (nSPS) is 11.9. The number of methoxy groups -OCH3 is 2. The second-order valence-corrected chi connectivity index (χ2v) is 11.7. The third-order valence-electron chi connectivity index (χ3n) is 6.54. The van der Waals surface area contributed by atoms with Crippen LogP contribution in [-0.4, -0.2) is 58.5 Å². The van der Waals surface area contributed by atoms with Crippen LogP contribution in [0.3, 0.4) is 0 Å². The molecule has 1 N–H and O–H groups in total. The second-order valence-electron chi connectivity index (χ2n) is 9.48. The maximum Gasteiger partial charge on any atom is 0.264 e. The highest BCUT2D eigenvalue weighted by Crippen LogP contribution is 2.32. The van der Waals surface area contributed by atoms with Crippen molar-refractivity contribution >= 4 is 39.1 Å². The van der Waals surface area contributed by atoms with Crippen LogP contribution in [0.2, 0.25) is 5.02 Å². The molecule has 41 heavy (non-hydrogen) atoms. The van der Waals surface area contributed by atoms with Crippen molar-refractivity contribution in [3.05, 3.63) is 82.9 Å². The number of nitrogens with one attached hydrogen (secondary N) is 1. The van der Waals surface area contributed by atoms with Crippen LogP contribution in [0.5, 0.6) is 11.5 Å². The lowest BCUT2D eigenvalue weighted by Crippen LogP contribution is -2.51. The van der Waals surface area contributed by atoms with Crippen molar-refractivity contribution in [2.45, 2.75) is 44.7 Å². The maximum atomic E-state index is 14.0. The van der Waals surface area contributed by atoms with Crippen LogP contribution in [0.4, 0.5) is 5.69 Å². The van der Waals surface area contributed by atoms with Crippen molar-refractivity contribution in [2.75, 3.05) is 31.6 Å². The highest BCUT2D eigenvalue weighted by Gasteiger charge is 2.32. The number of sulfonamides is 1. The monoisotopic (exact) mass is 601 g/mol. The molecule has 220 valence electrons. The highest BCUT2D eigenvalue weighted by molar-refractivity contribution is 7.92. The lowest BCUT2D eigenvalue weighted by molar-refractivity contribution is -0.139. The van der Waals surface area contributed by atoms with E-state index in [4.69, 9.17) is 21.1 Å². The average Bonchev–Trinajstić information content (AvgIpc) is 2.97. The van der Waals surface area contributed by atoms with E-state index in [2.05, 4.69) is 5.32 Å². The van der Waals surface area contributed by atoms with Crippen LogP contribution in [0.15, 0.2) is 71.6 Å².